The van der Waals surface area contributed by atoms with Crippen molar-refractivity contribution >= 4 is 0 Å². The van der Waals surface area contributed by atoms with E-state index in [0.717, 1.165) is 26.1 Å². The van der Waals surface area contributed by atoms with Crippen molar-refractivity contribution < 1.29 is 9.47 Å². The summed E-state index contributed by atoms with van der Waals surface area (Å²) < 4.78 is 11.1. The second-order valence-electron chi connectivity index (χ2n) is 2.48. The average molecular weight is 160 g/mol. The molecule has 0 saturated heterocycles. The summed E-state index contributed by atoms with van der Waals surface area (Å²) >= 11 is 0. The third-order valence-electron chi connectivity index (χ3n) is 1.89. The molecule has 2 nitrogen and oxygen atoms in total. The minimum atomic E-state index is -0.316. The molecule has 0 aromatic carbocycles. The van der Waals surface area contributed by atoms with Gasteiger partial charge in [-0.1, -0.05) is 13.8 Å². The van der Waals surface area contributed by atoms with Gasteiger partial charge in [0.1, 0.15) is 0 Å². The third-order valence-corrected chi connectivity index (χ3v) is 1.89. The fourth-order valence-electron chi connectivity index (χ4n) is 1.23. The van der Waals surface area contributed by atoms with Gasteiger partial charge in [-0.3, -0.25) is 0 Å². The molecule has 0 aliphatic carbocycles. The maximum Gasteiger partial charge on any atom is 0.167 e. The Morgan fingerprint density at radius 3 is 1.36 bits per heavy atom. The van der Waals surface area contributed by atoms with Gasteiger partial charge in [-0.05, 0) is 26.7 Å². The van der Waals surface area contributed by atoms with Crippen molar-refractivity contribution in [3.8, 4) is 0 Å². The molecule has 68 valence electrons. The highest BCUT2D eigenvalue weighted by molar-refractivity contribution is 4.64. The molecule has 0 heterocycles. The van der Waals surface area contributed by atoms with Crippen LogP contribution in [-0.2, 0) is 9.47 Å². The quantitative estimate of drug-likeness (QED) is 0.556. The maximum absolute atomic E-state index is 5.55. The van der Waals surface area contributed by atoms with E-state index in [9.17, 15) is 0 Å². The summed E-state index contributed by atoms with van der Waals surface area (Å²) in [5.74, 6) is -0.316. The minimum absolute atomic E-state index is 0.316. The Bertz CT molecular complexity index is 79.6. The standard InChI is InChI=1S/C9H20O2/c1-5-9(6-2,10-7-3)11-8-4/h5-8H2,1-4H3. The molecule has 0 fully saturated rings. The Kier molecular flexibility index (Phi) is 5.51. The van der Waals surface area contributed by atoms with Crippen molar-refractivity contribution in [2.24, 2.45) is 0 Å². The molecule has 0 aromatic rings. The Morgan fingerprint density at radius 2 is 1.18 bits per heavy atom. The molecule has 0 atom stereocenters. The molecule has 0 rings (SSSR count). The van der Waals surface area contributed by atoms with Gasteiger partial charge in [-0.25, -0.2) is 0 Å². The maximum atomic E-state index is 5.55. The molecule has 0 N–H and O–H groups in total. The first-order valence-electron chi connectivity index (χ1n) is 4.52. The summed E-state index contributed by atoms with van der Waals surface area (Å²) in [6.07, 6.45) is 1.84. The predicted octanol–water partition coefficient (Wildman–Crippen LogP) is 2.58. The Hall–Kier alpha value is -0.0800. The zero-order valence-corrected chi connectivity index (χ0v) is 8.14. The fraction of sp³-hybridized carbons (Fsp3) is 1.00. The lowest BCUT2D eigenvalue weighted by Gasteiger charge is -2.30. The second-order valence-corrected chi connectivity index (χ2v) is 2.48. The van der Waals surface area contributed by atoms with Gasteiger partial charge >= 0.3 is 0 Å². The first-order chi connectivity index (χ1) is 5.24. The van der Waals surface area contributed by atoms with E-state index in [4.69, 9.17) is 9.47 Å². The van der Waals surface area contributed by atoms with Crippen LogP contribution in [0.3, 0.4) is 0 Å². The molecular formula is C9H20O2. The topological polar surface area (TPSA) is 18.5 Å². The molecule has 0 radical (unpaired) electrons. The highest BCUT2D eigenvalue weighted by Gasteiger charge is 2.25. The normalized spacial score (nSPS) is 12.0. The van der Waals surface area contributed by atoms with Crippen LogP contribution in [0.4, 0.5) is 0 Å². The molecule has 0 bridgehead atoms. The number of hydrogen-bond donors (Lipinski definition) is 0. The van der Waals surface area contributed by atoms with Gasteiger partial charge in [0, 0.05) is 13.2 Å². The summed E-state index contributed by atoms with van der Waals surface area (Å²) in [5, 5.41) is 0. The zero-order chi connectivity index (χ0) is 8.74. The Balaban J connectivity index is 3.96. The first-order valence-corrected chi connectivity index (χ1v) is 4.52. The van der Waals surface area contributed by atoms with E-state index in [2.05, 4.69) is 13.8 Å². The Morgan fingerprint density at radius 1 is 0.818 bits per heavy atom. The van der Waals surface area contributed by atoms with Gasteiger partial charge in [-0.15, -0.1) is 0 Å². The number of hydrogen-bond acceptors (Lipinski definition) is 2. The smallest absolute Gasteiger partial charge is 0.167 e. The first kappa shape index (κ1) is 10.9. The summed E-state index contributed by atoms with van der Waals surface area (Å²) in [7, 11) is 0. The second kappa shape index (κ2) is 5.56. The van der Waals surface area contributed by atoms with E-state index >= 15 is 0 Å². The van der Waals surface area contributed by atoms with Crippen molar-refractivity contribution in [3.05, 3.63) is 0 Å². The molecule has 0 aromatic heterocycles. The lowest BCUT2D eigenvalue weighted by atomic mass is 10.1. The molecular weight excluding hydrogens is 140 g/mol. The van der Waals surface area contributed by atoms with E-state index in [1.807, 2.05) is 13.8 Å². The van der Waals surface area contributed by atoms with E-state index in [1.165, 1.54) is 0 Å². The Labute approximate surface area is 69.9 Å². The molecule has 0 saturated carbocycles. The average Bonchev–Trinajstić information content (AvgIpc) is 2.04. The van der Waals surface area contributed by atoms with Crippen LogP contribution in [0.5, 0.6) is 0 Å². The minimum Gasteiger partial charge on any atom is -0.350 e. The highest BCUT2D eigenvalue weighted by Crippen LogP contribution is 2.21. The van der Waals surface area contributed by atoms with Crippen LogP contribution in [0.25, 0.3) is 0 Å². The van der Waals surface area contributed by atoms with Crippen LogP contribution in [0.1, 0.15) is 40.5 Å². The summed E-state index contributed by atoms with van der Waals surface area (Å²) in [6, 6.07) is 0. The predicted molar refractivity (Wildman–Crippen MR) is 46.6 cm³/mol. The zero-order valence-electron chi connectivity index (χ0n) is 8.14. The molecule has 0 spiro atoms. The third kappa shape index (κ3) is 3.21. The lowest BCUT2D eigenvalue weighted by Crippen LogP contribution is -2.34. The van der Waals surface area contributed by atoms with Gasteiger partial charge in [0.05, 0.1) is 0 Å². The summed E-state index contributed by atoms with van der Waals surface area (Å²) in [4.78, 5) is 0. The fourth-order valence-corrected chi connectivity index (χ4v) is 1.23. The van der Waals surface area contributed by atoms with Gasteiger partial charge in [-0.2, -0.15) is 0 Å². The summed E-state index contributed by atoms with van der Waals surface area (Å²) in [5.41, 5.74) is 0. The van der Waals surface area contributed by atoms with Gasteiger partial charge in [0.25, 0.3) is 0 Å². The van der Waals surface area contributed by atoms with E-state index in [-0.39, 0.29) is 5.79 Å². The molecule has 0 unspecified atom stereocenters. The molecule has 11 heavy (non-hydrogen) atoms. The van der Waals surface area contributed by atoms with E-state index in [1.54, 1.807) is 0 Å². The van der Waals surface area contributed by atoms with Gasteiger partial charge < -0.3 is 9.47 Å². The van der Waals surface area contributed by atoms with Crippen LogP contribution < -0.4 is 0 Å². The highest BCUT2D eigenvalue weighted by atomic mass is 16.7. The van der Waals surface area contributed by atoms with E-state index < -0.39 is 0 Å². The van der Waals surface area contributed by atoms with E-state index in [0.29, 0.717) is 0 Å². The summed E-state index contributed by atoms with van der Waals surface area (Å²) in [6.45, 7) is 9.63. The molecule has 0 aliphatic heterocycles. The van der Waals surface area contributed by atoms with Crippen molar-refractivity contribution in [3.63, 3.8) is 0 Å². The van der Waals surface area contributed by atoms with Crippen molar-refractivity contribution in [2.45, 2.75) is 46.3 Å². The van der Waals surface area contributed by atoms with Crippen molar-refractivity contribution in [2.75, 3.05) is 13.2 Å². The number of rotatable bonds is 6. The monoisotopic (exact) mass is 160 g/mol. The molecule has 0 amide bonds. The van der Waals surface area contributed by atoms with Gasteiger partial charge in [0.2, 0.25) is 0 Å². The van der Waals surface area contributed by atoms with Crippen LogP contribution in [0, 0.1) is 0 Å². The van der Waals surface area contributed by atoms with Crippen LogP contribution in [-0.4, -0.2) is 19.0 Å². The van der Waals surface area contributed by atoms with Crippen molar-refractivity contribution in [1.29, 1.82) is 0 Å². The molecule has 0 aliphatic rings. The van der Waals surface area contributed by atoms with Crippen molar-refractivity contribution in [1.82, 2.24) is 0 Å². The molecule has 2 heteroatoms. The van der Waals surface area contributed by atoms with Gasteiger partial charge in [0.15, 0.2) is 5.79 Å². The number of ether oxygens (including phenoxy) is 2. The SMILES string of the molecule is CCOC(CC)(CC)OCC. The van der Waals surface area contributed by atoms with Crippen LogP contribution >= 0.6 is 0 Å². The van der Waals surface area contributed by atoms with Crippen LogP contribution in [0.2, 0.25) is 0 Å². The van der Waals surface area contributed by atoms with Crippen LogP contribution in [0.15, 0.2) is 0 Å². The largest absolute Gasteiger partial charge is 0.350 e. The lowest BCUT2D eigenvalue weighted by molar-refractivity contribution is -0.235.